The van der Waals surface area contributed by atoms with Gasteiger partial charge in [0, 0.05) is 5.56 Å². The van der Waals surface area contributed by atoms with Gasteiger partial charge in [0.25, 0.3) is 0 Å². The Morgan fingerprint density at radius 3 is 2.73 bits per heavy atom. The number of hydrogen-bond acceptors (Lipinski definition) is 3. The van der Waals surface area contributed by atoms with Crippen LogP contribution in [0.5, 0.6) is 5.75 Å². The molecule has 0 aliphatic carbocycles. The predicted octanol–water partition coefficient (Wildman–Crippen LogP) is 3.07. The van der Waals surface area contributed by atoms with Crippen molar-refractivity contribution in [2.24, 2.45) is 5.16 Å². The molecule has 0 heterocycles. The van der Waals surface area contributed by atoms with Crippen molar-refractivity contribution in [2.45, 2.75) is 20.0 Å². The summed E-state index contributed by atoms with van der Waals surface area (Å²) >= 11 is 5.77. The van der Waals surface area contributed by atoms with Crippen LogP contribution in [0.2, 0.25) is 5.02 Å². The second-order valence-electron chi connectivity index (χ2n) is 3.19. The quantitative estimate of drug-likeness (QED) is 0.494. The van der Waals surface area contributed by atoms with Gasteiger partial charge in [-0.05, 0) is 26.0 Å². The molecule has 1 rings (SSSR count). The van der Waals surface area contributed by atoms with Gasteiger partial charge in [-0.3, -0.25) is 0 Å². The fourth-order valence-corrected chi connectivity index (χ4v) is 1.24. The highest BCUT2D eigenvalue weighted by Gasteiger charge is 2.13. The van der Waals surface area contributed by atoms with Gasteiger partial charge in [-0.15, -0.1) is 0 Å². The molecule has 0 saturated carbocycles. The highest BCUT2D eigenvalue weighted by atomic mass is 35.5. The smallest absolute Gasteiger partial charge is 0.175 e. The van der Waals surface area contributed by atoms with E-state index in [1.54, 1.807) is 13.8 Å². The maximum absolute atomic E-state index is 13.7. The first kappa shape index (κ1) is 11.8. The number of benzene rings is 1. The van der Waals surface area contributed by atoms with E-state index in [4.69, 9.17) is 21.5 Å². The zero-order chi connectivity index (χ0) is 11.4. The normalized spacial score (nSPS) is 11.3. The lowest BCUT2D eigenvalue weighted by Crippen LogP contribution is -2.08. The van der Waals surface area contributed by atoms with Crippen LogP contribution in [0.25, 0.3) is 0 Å². The molecule has 3 nitrogen and oxygen atoms in total. The van der Waals surface area contributed by atoms with Crippen molar-refractivity contribution in [1.82, 2.24) is 0 Å². The Kier molecular flexibility index (Phi) is 3.91. The van der Waals surface area contributed by atoms with Gasteiger partial charge in [-0.1, -0.05) is 16.8 Å². The Morgan fingerprint density at radius 2 is 2.20 bits per heavy atom. The summed E-state index contributed by atoms with van der Waals surface area (Å²) in [5.41, 5.74) is 0.123. The van der Waals surface area contributed by atoms with Crippen molar-refractivity contribution in [3.05, 3.63) is 28.5 Å². The van der Waals surface area contributed by atoms with Crippen LogP contribution in [0.4, 0.5) is 4.39 Å². The number of hydrogen-bond donors (Lipinski definition) is 1. The lowest BCUT2D eigenvalue weighted by Gasteiger charge is -2.12. The first-order valence-electron chi connectivity index (χ1n) is 4.38. The third-order valence-corrected chi connectivity index (χ3v) is 1.93. The summed E-state index contributed by atoms with van der Waals surface area (Å²) in [6.45, 7) is 3.53. The molecule has 0 atom stereocenters. The Labute approximate surface area is 92.1 Å². The Morgan fingerprint density at radius 1 is 1.53 bits per heavy atom. The van der Waals surface area contributed by atoms with E-state index in [0.29, 0.717) is 0 Å². The average molecular weight is 232 g/mol. The molecular formula is C10H11ClFNO2. The highest BCUT2D eigenvalue weighted by molar-refractivity contribution is 6.32. The molecule has 0 saturated heterocycles. The van der Waals surface area contributed by atoms with Gasteiger partial charge < -0.3 is 9.94 Å². The van der Waals surface area contributed by atoms with Crippen LogP contribution in [0, 0.1) is 5.82 Å². The van der Waals surface area contributed by atoms with E-state index in [1.807, 2.05) is 0 Å². The summed E-state index contributed by atoms with van der Waals surface area (Å²) in [7, 11) is 0. The monoisotopic (exact) mass is 231 g/mol. The summed E-state index contributed by atoms with van der Waals surface area (Å²) in [6.07, 6.45) is 0.803. The van der Waals surface area contributed by atoms with Crippen molar-refractivity contribution in [2.75, 3.05) is 0 Å². The Hall–Kier alpha value is -1.29. The molecule has 5 heteroatoms. The maximum atomic E-state index is 13.7. The predicted molar refractivity (Wildman–Crippen MR) is 56.6 cm³/mol. The molecule has 0 spiro atoms. The molecule has 15 heavy (non-hydrogen) atoms. The summed E-state index contributed by atoms with van der Waals surface area (Å²) in [5, 5.41) is 11.3. The van der Waals surface area contributed by atoms with Crippen molar-refractivity contribution in [1.29, 1.82) is 0 Å². The van der Waals surface area contributed by atoms with E-state index >= 15 is 0 Å². The zero-order valence-corrected chi connectivity index (χ0v) is 9.12. The van der Waals surface area contributed by atoms with Gasteiger partial charge in [0.15, 0.2) is 11.6 Å². The molecule has 0 aromatic heterocycles. The first-order valence-corrected chi connectivity index (χ1v) is 4.76. The topological polar surface area (TPSA) is 41.8 Å². The maximum Gasteiger partial charge on any atom is 0.175 e. The van der Waals surface area contributed by atoms with Crippen LogP contribution in [-0.2, 0) is 0 Å². The SMILES string of the molecule is CC(C)Oc1c(Cl)ccc(/C=N/O)c1F. The molecule has 82 valence electrons. The summed E-state index contributed by atoms with van der Waals surface area (Å²) in [5.74, 6) is -0.655. The summed E-state index contributed by atoms with van der Waals surface area (Å²) in [4.78, 5) is 0. The molecule has 1 aromatic carbocycles. The van der Waals surface area contributed by atoms with E-state index in [1.165, 1.54) is 12.1 Å². The van der Waals surface area contributed by atoms with E-state index in [9.17, 15) is 4.39 Å². The lowest BCUT2D eigenvalue weighted by molar-refractivity contribution is 0.231. The first-order chi connectivity index (χ1) is 7.06. The van der Waals surface area contributed by atoms with Crippen LogP contribution >= 0.6 is 11.6 Å². The molecule has 0 bridgehead atoms. The number of nitrogens with zero attached hydrogens (tertiary/aromatic N) is 1. The van der Waals surface area contributed by atoms with E-state index in [-0.39, 0.29) is 22.4 Å². The van der Waals surface area contributed by atoms with Gasteiger partial charge in [0.05, 0.1) is 17.3 Å². The van der Waals surface area contributed by atoms with Crippen LogP contribution in [0.15, 0.2) is 17.3 Å². The molecule has 0 fully saturated rings. The van der Waals surface area contributed by atoms with Crippen LogP contribution in [0.3, 0.4) is 0 Å². The van der Waals surface area contributed by atoms with Gasteiger partial charge in [-0.25, -0.2) is 4.39 Å². The minimum Gasteiger partial charge on any atom is -0.486 e. The second-order valence-corrected chi connectivity index (χ2v) is 3.60. The Bertz CT molecular complexity index is 380. The van der Waals surface area contributed by atoms with Crippen molar-refractivity contribution < 1.29 is 14.3 Å². The standard InChI is InChI=1S/C10H11ClFNO2/c1-6(2)15-10-8(11)4-3-7(5-13-14)9(10)12/h3-6,14H,1-2H3/b13-5+. The molecule has 0 radical (unpaired) electrons. The van der Waals surface area contributed by atoms with E-state index in [0.717, 1.165) is 6.21 Å². The van der Waals surface area contributed by atoms with Crippen molar-refractivity contribution in [3.63, 3.8) is 0 Å². The number of ether oxygens (including phenoxy) is 1. The molecule has 0 amide bonds. The van der Waals surface area contributed by atoms with Crippen LogP contribution in [-0.4, -0.2) is 17.5 Å². The number of rotatable bonds is 3. The summed E-state index contributed by atoms with van der Waals surface area (Å²) < 4.78 is 18.9. The van der Waals surface area contributed by atoms with Crippen molar-refractivity contribution in [3.8, 4) is 5.75 Å². The van der Waals surface area contributed by atoms with Gasteiger partial charge in [0.1, 0.15) is 0 Å². The third kappa shape index (κ3) is 2.83. The molecule has 0 aliphatic rings. The average Bonchev–Trinajstić information content (AvgIpc) is 2.17. The minimum absolute atomic E-state index is 0.0240. The van der Waals surface area contributed by atoms with Gasteiger partial charge in [0.2, 0.25) is 0 Å². The van der Waals surface area contributed by atoms with Gasteiger partial charge in [-0.2, -0.15) is 0 Å². The third-order valence-electron chi connectivity index (χ3n) is 1.63. The van der Waals surface area contributed by atoms with E-state index in [2.05, 4.69) is 5.16 Å². The summed E-state index contributed by atoms with van der Waals surface area (Å²) in [6, 6.07) is 2.89. The molecule has 0 unspecified atom stereocenters. The number of halogens is 2. The fraction of sp³-hybridized carbons (Fsp3) is 0.300. The Balaban J connectivity index is 3.17. The highest BCUT2D eigenvalue weighted by Crippen LogP contribution is 2.30. The fourth-order valence-electron chi connectivity index (χ4n) is 1.05. The molecule has 1 N–H and O–H groups in total. The minimum atomic E-state index is -0.631. The number of oxime groups is 1. The second kappa shape index (κ2) is 4.98. The molecule has 1 aromatic rings. The van der Waals surface area contributed by atoms with Crippen LogP contribution < -0.4 is 4.74 Å². The molecule has 0 aliphatic heterocycles. The largest absolute Gasteiger partial charge is 0.486 e. The molecular weight excluding hydrogens is 221 g/mol. The lowest BCUT2D eigenvalue weighted by atomic mass is 10.2. The van der Waals surface area contributed by atoms with Gasteiger partial charge >= 0.3 is 0 Å². The van der Waals surface area contributed by atoms with E-state index < -0.39 is 5.82 Å². The zero-order valence-electron chi connectivity index (χ0n) is 8.37. The van der Waals surface area contributed by atoms with Crippen LogP contribution in [0.1, 0.15) is 19.4 Å². The van der Waals surface area contributed by atoms with Crippen molar-refractivity contribution >= 4 is 17.8 Å².